The Morgan fingerprint density at radius 3 is 2.59 bits per heavy atom. The smallest absolute Gasteiger partial charge is 0.229 e. The van der Waals surface area contributed by atoms with Gasteiger partial charge in [0.25, 0.3) is 0 Å². The van der Waals surface area contributed by atoms with E-state index >= 15 is 0 Å². The number of thiazole rings is 1. The number of anilines is 1. The average molecular weight is 469 g/mol. The van der Waals surface area contributed by atoms with Gasteiger partial charge in [0, 0.05) is 17.4 Å². The molecule has 0 spiro atoms. The van der Waals surface area contributed by atoms with E-state index in [1.165, 1.54) is 11.3 Å². The van der Waals surface area contributed by atoms with Crippen LogP contribution in [0.1, 0.15) is 18.6 Å². The number of hydrogen-bond acceptors (Lipinski definition) is 7. The largest absolute Gasteiger partial charge is 0.497 e. The summed E-state index contributed by atoms with van der Waals surface area (Å²) in [6, 6.07) is 17.4. The Morgan fingerprint density at radius 1 is 1.09 bits per heavy atom. The summed E-state index contributed by atoms with van der Waals surface area (Å²) in [4.78, 5) is 20.7. The molecule has 6 nitrogen and oxygen atoms in total. The van der Waals surface area contributed by atoms with Crippen LogP contribution in [0.2, 0.25) is 0 Å². The van der Waals surface area contributed by atoms with Crippen molar-refractivity contribution < 1.29 is 18.7 Å². The van der Waals surface area contributed by atoms with E-state index in [0.717, 1.165) is 44.5 Å². The van der Waals surface area contributed by atoms with Crippen molar-refractivity contribution in [2.24, 2.45) is 0 Å². The van der Waals surface area contributed by atoms with Crippen molar-refractivity contribution in [1.29, 1.82) is 0 Å². The summed E-state index contributed by atoms with van der Waals surface area (Å²) in [7, 11) is 3.29. The molecule has 4 rings (SSSR count). The van der Waals surface area contributed by atoms with Crippen LogP contribution in [0.25, 0.3) is 10.2 Å². The van der Waals surface area contributed by atoms with Crippen LogP contribution in [0.15, 0.2) is 70.2 Å². The van der Waals surface area contributed by atoms with Gasteiger partial charge in [-0.05, 0) is 60.7 Å². The van der Waals surface area contributed by atoms with Gasteiger partial charge in [-0.25, -0.2) is 4.98 Å². The molecule has 0 saturated heterocycles. The van der Waals surface area contributed by atoms with Gasteiger partial charge in [0.1, 0.15) is 17.3 Å². The lowest BCUT2D eigenvalue weighted by atomic mass is 10.3. The highest BCUT2D eigenvalue weighted by atomic mass is 32.2. The number of hydrogen-bond donors (Lipinski definition) is 0. The van der Waals surface area contributed by atoms with E-state index in [1.807, 2.05) is 54.6 Å². The summed E-state index contributed by atoms with van der Waals surface area (Å²) in [6.07, 6.45) is 2.82. The van der Waals surface area contributed by atoms with Crippen LogP contribution in [0, 0.1) is 0 Å². The lowest BCUT2D eigenvalue weighted by Crippen LogP contribution is -2.30. The zero-order chi connectivity index (χ0) is 22.3. The molecule has 0 aliphatic carbocycles. The molecule has 0 fully saturated rings. The number of aromatic nitrogens is 1. The monoisotopic (exact) mass is 468 g/mol. The first-order chi connectivity index (χ1) is 15.7. The Kier molecular flexibility index (Phi) is 7.34. The van der Waals surface area contributed by atoms with Gasteiger partial charge in [-0.1, -0.05) is 11.3 Å². The summed E-state index contributed by atoms with van der Waals surface area (Å²) < 4.78 is 17.0. The number of furan rings is 1. The van der Waals surface area contributed by atoms with Gasteiger partial charge in [0.15, 0.2) is 5.13 Å². The number of nitrogens with zero attached hydrogens (tertiary/aromatic N) is 2. The molecular formula is C24H24N2O4S2. The van der Waals surface area contributed by atoms with Gasteiger partial charge in [-0.3, -0.25) is 9.69 Å². The van der Waals surface area contributed by atoms with Crippen molar-refractivity contribution in [2.45, 2.75) is 24.3 Å². The molecule has 8 heteroatoms. The second-order valence-corrected chi connectivity index (χ2v) is 9.19. The standard InChI is InChI=1S/C24H24N2O4S2/c1-28-17-7-10-20(11-8-17)31-14-4-6-23(27)26(16-19-5-3-13-30-19)24-25-21-15-18(29-2)9-12-22(21)32-24/h3,5,7-13,15H,4,6,14,16H2,1-2H3. The maximum absolute atomic E-state index is 13.2. The summed E-state index contributed by atoms with van der Waals surface area (Å²) >= 11 is 3.22. The number of amides is 1. The molecule has 0 aliphatic rings. The van der Waals surface area contributed by atoms with Crippen molar-refractivity contribution in [3.05, 3.63) is 66.6 Å². The molecule has 0 saturated carbocycles. The van der Waals surface area contributed by atoms with E-state index < -0.39 is 0 Å². The predicted octanol–water partition coefficient (Wildman–Crippen LogP) is 6.01. The van der Waals surface area contributed by atoms with E-state index in [2.05, 4.69) is 0 Å². The first-order valence-electron chi connectivity index (χ1n) is 10.2. The number of carbonyl (C=O) groups is 1. The third kappa shape index (κ3) is 5.44. The molecule has 0 unspecified atom stereocenters. The zero-order valence-electron chi connectivity index (χ0n) is 17.9. The Morgan fingerprint density at radius 2 is 1.88 bits per heavy atom. The molecule has 0 radical (unpaired) electrons. The summed E-state index contributed by atoms with van der Waals surface area (Å²) in [6.45, 7) is 0.356. The minimum absolute atomic E-state index is 0.0303. The van der Waals surface area contributed by atoms with Crippen molar-refractivity contribution in [3.63, 3.8) is 0 Å². The molecule has 2 aromatic heterocycles. The topological polar surface area (TPSA) is 64.8 Å². The van der Waals surface area contributed by atoms with E-state index in [9.17, 15) is 4.79 Å². The van der Waals surface area contributed by atoms with Crippen LogP contribution in [-0.4, -0.2) is 30.9 Å². The SMILES string of the molecule is COc1ccc(SCCCC(=O)N(Cc2ccco2)c2nc3cc(OC)ccc3s2)cc1. The summed E-state index contributed by atoms with van der Waals surface area (Å²) in [5.74, 6) is 3.19. The van der Waals surface area contributed by atoms with Gasteiger partial charge in [0.2, 0.25) is 5.91 Å². The van der Waals surface area contributed by atoms with Gasteiger partial charge < -0.3 is 13.9 Å². The lowest BCUT2D eigenvalue weighted by Gasteiger charge is -2.18. The van der Waals surface area contributed by atoms with Gasteiger partial charge in [-0.2, -0.15) is 0 Å². The number of carbonyl (C=O) groups excluding carboxylic acids is 1. The van der Waals surface area contributed by atoms with Crippen LogP contribution in [-0.2, 0) is 11.3 Å². The molecule has 0 aliphatic heterocycles. The average Bonchev–Trinajstić information content (AvgIpc) is 3.49. The van der Waals surface area contributed by atoms with Crippen LogP contribution in [0.4, 0.5) is 5.13 Å². The molecule has 1 amide bonds. The highest BCUT2D eigenvalue weighted by Gasteiger charge is 2.21. The fraction of sp³-hybridized carbons (Fsp3) is 0.250. The van der Waals surface area contributed by atoms with Gasteiger partial charge in [-0.15, -0.1) is 11.8 Å². The molecule has 0 atom stereocenters. The Labute approximate surface area is 195 Å². The first-order valence-corrected chi connectivity index (χ1v) is 12.0. The highest BCUT2D eigenvalue weighted by molar-refractivity contribution is 7.99. The van der Waals surface area contributed by atoms with Crippen LogP contribution >= 0.6 is 23.1 Å². The van der Waals surface area contributed by atoms with Crippen LogP contribution < -0.4 is 14.4 Å². The highest BCUT2D eigenvalue weighted by Crippen LogP contribution is 2.32. The Hall–Kier alpha value is -2.97. The second kappa shape index (κ2) is 10.6. The van der Waals surface area contributed by atoms with E-state index in [1.54, 1.807) is 37.1 Å². The number of thioether (sulfide) groups is 1. The third-order valence-corrected chi connectivity index (χ3v) is 7.03. The third-order valence-electron chi connectivity index (χ3n) is 4.87. The maximum atomic E-state index is 13.2. The lowest BCUT2D eigenvalue weighted by molar-refractivity contribution is -0.118. The molecular weight excluding hydrogens is 444 g/mol. The Balaban J connectivity index is 1.43. The quantitative estimate of drug-likeness (QED) is 0.210. The molecule has 2 aromatic carbocycles. The number of benzene rings is 2. The molecule has 0 N–H and O–H groups in total. The number of fused-ring (bicyclic) bond motifs is 1. The van der Waals surface area contributed by atoms with Crippen molar-refractivity contribution in [1.82, 2.24) is 4.98 Å². The minimum atomic E-state index is 0.0303. The minimum Gasteiger partial charge on any atom is -0.497 e. The van der Waals surface area contributed by atoms with Crippen molar-refractivity contribution in [3.8, 4) is 11.5 Å². The van der Waals surface area contributed by atoms with E-state index in [-0.39, 0.29) is 5.91 Å². The van der Waals surface area contributed by atoms with Crippen LogP contribution in [0.3, 0.4) is 0 Å². The number of rotatable bonds is 10. The first kappa shape index (κ1) is 22.2. The van der Waals surface area contributed by atoms with Crippen molar-refractivity contribution >= 4 is 44.4 Å². The molecule has 2 heterocycles. The molecule has 0 bridgehead atoms. The fourth-order valence-electron chi connectivity index (χ4n) is 3.18. The predicted molar refractivity (Wildman–Crippen MR) is 129 cm³/mol. The fourth-order valence-corrected chi connectivity index (χ4v) is 4.99. The van der Waals surface area contributed by atoms with Gasteiger partial charge >= 0.3 is 0 Å². The molecule has 4 aromatic rings. The molecule has 166 valence electrons. The van der Waals surface area contributed by atoms with E-state index in [4.69, 9.17) is 18.9 Å². The Bertz CT molecular complexity index is 1160. The maximum Gasteiger partial charge on any atom is 0.229 e. The number of ether oxygens (including phenoxy) is 2. The zero-order valence-corrected chi connectivity index (χ0v) is 19.6. The van der Waals surface area contributed by atoms with Gasteiger partial charge in [0.05, 0.1) is 37.2 Å². The number of methoxy groups -OCH3 is 2. The van der Waals surface area contributed by atoms with Crippen molar-refractivity contribution in [2.75, 3.05) is 24.9 Å². The molecule has 32 heavy (non-hydrogen) atoms. The summed E-state index contributed by atoms with van der Waals surface area (Å²) in [5, 5.41) is 0.664. The summed E-state index contributed by atoms with van der Waals surface area (Å²) in [5.41, 5.74) is 0.816. The van der Waals surface area contributed by atoms with E-state index in [0.29, 0.717) is 18.1 Å². The normalized spacial score (nSPS) is 10.9. The van der Waals surface area contributed by atoms with Crippen LogP contribution in [0.5, 0.6) is 11.5 Å². The second-order valence-electron chi connectivity index (χ2n) is 7.02.